The van der Waals surface area contributed by atoms with Gasteiger partial charge in [0, 0.05) is 0 Å². The Morgan fingerprint density at radius 1 is 1.07 bits per heavy atom. The van der Waals surface area contributed by atoms with E-state index in [0.717, 1.165) is 37.0 Å². The zero-order valence-corrected chi connectivity index (χ0v) is 10.8. The molecule has 4 saturated carbocycles. The van der Waals surface area contributed by atoms with Gasteiger partial charge in [-0.05, 0) is 56.3 Å². The molecule has 1 N–H and O–H groups in total. The predicted octanol–water partition coefficient (Wildman–Crippen LogP) is -0.596. The van der Waals surface area contributed by atoms with Gasteiger partial charge in [-0.1, -0.05) is 0 Å². The number of carboxylic acids is 1. The molecule has 0 aromatic heterocycles. The predicted molar refractivity (Wildman–Crippen MR) is 49.4 cm³/mol. The Bertz CT molecular complexity index is 232. The first-order valence-corrected chi connectivity index (χ1v) is 5.41. The van der Waals surface area contributed by atoms with Crippen molar-refractivity contribution in [1.82, 2.24) is 0 Å². The molecule has 0 saturated heterocycles. The van der Waals surface area contributed by atoms with Gasteiger partial charge in [0.05, 0.1) is 5.41 Å². The first-order valence-electron chi connectivity index (χ1n) is 5.41. The molecule has 0 amide bonds. The summed E-state index contributed by atoms with van der Waals surface area (Å²) >= 11 is 0. The van der Waals surface area contributed by atoms with Crippen molar-refractivity contribution in [3.63, 3.8) is 0 Å². The van der Waals surface area contributed by atoms with Gasteiger partial charge in [0.1, 0.15) is 0 Å². The number of aliphatic carboxylic acids is 1. The summed E-state index contributed by atoms with van der Waals surface area (Å²) in [6.45, 7) is 0. The van der Waals surface area contributed by atoms with Crippen molar-refractivity contribution < 1.29 is 40.9 Å². The third kappa shape index (κ3) is 1.46. The summed E-state index contributed by atoms with van der Waals surface area (Å²) in [7, 11) is 0. The normalized spacial score (nSPS) is 48.7. The average Bonchev–Trinajstić information content (AvgIpc) is 2.00. The van der Waals surface area contributed by atoms with Crippen LogP contribution in [0.4, 0.5) is 0 Å². The molecule has 0 heterocycles. The SMILES string of the molecule is O=C(O)C12CC3CC(CC(C3)C1)C2.[H-].[Na+]. The molecule has 2 nitrogen and oxygen atoms in total. The van der Waals surface area contributed by atoms with Gasteiger partial charge in [0.15, 0.2) is 0 Å². The molecule has 0 aromatic carbocycles. The first kappa shape index (κ1) is 11.0. The van der Waals surface area contributed by atoms with Gasteiger partial charge in [-0.25, -0.2) is 0 Å². The van der Waals surface area contributed by atoms with Crippen LogP contribution in [-0.4, -0.2) is 11.1 Å². The summed E-state index contributed by atoms with van der Waals surface area (Å²) in [6, 6.07) is 0. The van der Waals surface area contributed by atoms with Gasteiger partial charge < -0.3 is 6.53 Å². The maximum Gasteiger partial charge on any atom is 1.00 e. The molecule has 0 aliphatic heterocycles. The van der Waals surface area contributed by atoms with Crippen molar-refractivity contribution in [2.45, 2.75) is 38.5 Å². The van der Waals surface area contributed by atoms with Crippen LogP contribution in [0.3, 0.4) is 0 Å². The Labute approximate surface area is 108 Å². The smallest absolute Gasteiger partial charge is 1.00 e. The molecule has 4 bridgehead atoms. The molecule has 3 heteroatoms. The van der Waals surface area contributed by atoms with Crippen molar-refractivity contribution in [3.05, 3.63) is 0 Å². The molecular formula is C11H17NaO2. The Morgan fingerprint density at radius 3 is 1.71 bits per heavy atom. The Kier molecular flexibility index (Phi) is 2.74. The number of carboxylic acid groups (broad SMARTS) is 1. The minimum absolute atomic E-state index is 0. The summed E-state index contributed by atoms with van der Waals surface area (Å²) in [5.74, 6) is 1.75. The van der Waals surface area contributed by atoms with Crippen LogP contribution >= 0.6 is 0 Å². The van der Waals surface area contributed by atoms with E-state index in [1.165, 1.54) is 19.3 Å². The molecule has 4 rings (SSSR count). The van der Waals surface area contributed by atoms with Crippen LogP contribution < -0.4 is 29.6 Å². The van der Waals surface area contributed by atoms with E-state index < -0.39 is 5.97 Å². The van der Waals surface area contributed by atoms with Crippen molar-refractivity contribution in [1.29, 1.82) is 0 Å². The van der Waals surface area contributed by atoms with E-state index >= 15 is 0 Å². The summed E-state index contributed by atoms with van der Waals surface area (Å²) < 4.78 is 0. The fraction of sp³-hybridized carbons (Fsp3) is 0.909. The van der Waals surface area contributed by atoms with Crippen molar-refractivity contribution in [2.24, 2.45) is 23.2 Å². The number of rotatable bonds is 1. The molecule has 0 atom stereocenters. The topological polar surface area (TPSA) is 37.3 Å². The fourth-order valence-electron chi connectivity index (χ4n) is 4.37. The monoisotopic (exact) mass is 204 g/mol. The van der Waals surface area contributed by atoms with Gasteiger partial charge in [-0.15, -0.1) is 0 Å². The van der Waals surface area contributed by atoms with Crippen LogP contribution in [-0.2, 0) is 4.79 Å². The zero-order chi connectivity index (χ0) is 9.05. The van der Waals surface area contributed by atoms with Crippen LogP contribution in [0.2, 0.25) is 0 Å². The van der Waals surface area contributed by atoms with Gasteiger partial charge in [0.25, 0.3) is 0 Å². The van der Waals surface area contributed by atoms with E-state index in [9.17, 15) is 9.90 Å². The third-order valence-corrected chi connectivity index (χ3v) is 4.49. The van der Waals surface area contributed by atoms with Crippen LogP contribution in [0.15, 0.2) is 0 Å². The molecule has 4 aliphatic rings. The van der Waals surface area contributed by atoms with Crippen LogP contribution in [0.25, 0.3) is 0 Å². The molecule has 0 spiro atoms. The minimum atomic E-state index is -0.508. The maximum atomic E-state index is 11.3. The number of hydrogen-bond donors (Lipinski definition) is 1. The Balaban J connectivity index is 0.000000562. The minimum Gasteiger partial charge on any atom is -1.00 e. The summed E-state index contributed by atoms with van der Waals surface area (Å²) in [6.07, 6.45) is 6.92. The largest absolute Gasteiger partial charge is 1.00 e. The van der Waals surface area contributed by atoms with Gasteiger partial charge >= 0.3 is 35.5 Å². The first-order chi connectivity index (χ1) is 6.18. The molecule has 0 unspecified atom stereocenters. The van der Waals surface area contributed by atoms with E-state index in [1.54, 1.807) is 0 Å². The maximum absolute atomic E-state index is 11.3. The molecule has 14 heavy (non-hydrogen) atoms. The van der Waals surface area contributed by atoms with E-state index in [0.29, 0.717) is 0 Å². The standard InChI is InChI=1S/C11H16O2.Na.H/c12-10(13)11-4-7-1-8(5-11)3-9(2-7)6-11;;/h7-9H,1-6H2,(H,12,13);;/q;+1;-1. The van der Waals surface area contributed by atoms with E-state index in [1.807, 2.05) is 0 Å². The quantitative estimate of drug-likeness (QED) is 0.579. The van der Waals surface area contributed by atoms with E-state index in [2.05, 4.69) is 0 Å². The Hall–Kier alpha value is 0.470. The fourth-order valence-corrected chi connectivity index (χ4v) is 4.37. The summed E-state index contributed by atoms with van der Waals surface area (Å²) in [4.78, 5) is 11.3. The molecule has 0 radical (unpaired) electrons. The second-order valence-corrected chi connectivity index (χ2v) is 5.50. The van der Waals surface area contributed by atoms with Gasteiger partial charge in [0.2, 0.25) is 0 Å². The molecule has 0 aromatic rings. The van der Waals surface area contributed by atoms with Crippen molar-refractivity contribution in [3.8, 4) is 0 Å². The number of carbonyl (C=O) groups is 1. The van der Waals surface area contributed by atoms with E-state index in [4.69, 9.17) is 0 Å². The third-order valence-electron chi connectivity index (χ3n) is 4.49. The van der Waals surface area contributed by atoms with Crippen LogP contribution in [0.1, 0.15) is 40.0 Å². The van der Waals surface area contributed by atoms with Crippen LogP contribution in [0, 0.1) is 23.2 Å². The summed E-state index contributed by atoms with van der Waals surface area (Å²) in [5.41, 5.74) is -0.283. The zero-order valence-electron chi connectivity index (χ0n) is 9.83. The van der Waals surface area contributed by atoms with Gasteiger partial charge in [-0.2, -0.15) is 0 Å². The molecule has 4 aliphatic carbocycles. The van der Waals surface area contributed by atoms with Crippen molar-refractivity contribution in [2.75, 3.05) is 0 Å². The average molecular weight is 204 g/mol. The van der Waals surface area contributed by atoms with E-state index in [-0.39, 0.29) is 36.4 Å². The van der Waals surface area contributed by atoms with Gasteiger partial charge in [-0.3, -0.25) is 4.79 Å². The molecule has 4 fully saturated rings. The molecular weight excluding hydrogens is 187 g/mol. The summed E-state index contributed by atoms with van der Waals surface area (Å²) in [5, 5.41) is 9.28. The Morgan fingerprint density at radius 2 is 1.43 bits per heavy atom. The molecule has 74 valence electrons. The second kappa shape index (κ2) is 3.50. The van der Waals surface area contributed by atoms with Crippen molar-refractivity contribution >= 4 is 5.97 Å². The second-order valence-electron chi connectivity index (χ2n) is 5.50. The van der Waals surface area contributed by atoms with Crippen LogP contribution in [0.5, 0.6) is 0 Å². The number of hydrogen-bond acceptors (Lipinski definition) is 1.